The maximum absolute atomic E-state index is 11.1. The van der Waals surface area contributed by atoms with Crippen molar-refractivity contribution in [3.8, 4) is 0 Å². The van der Waals surface area contributed by atoms with Crippen molar-refractivity contribution in [3.05, 3.63) is 0 Å². The number of hydrogen-bond acceptors (Lipinski definition) is 3. The number of nitrogens with zero attached hydrogens (tertiary/aromatic N) is 1. The van der Waals surface area contributed by atoms with Crippen molar-refractivity contribution in [3.63, 3.8) is 0 Å². The fourth-order valence-corrected chi connectivity index (χ4v) is 1.58. The molecule has 6 heteroatoms. The summed E-state index contributed by atoms with van der Waals surface area (Å²) in [5.41, 5.74) is 0. The molecule has 1 fully saturated rings. The first-order chi connectivity index (χ1) is 5.49. The van der Waals surface area contributed by atoms with Gasteiger partial charge in [-0.25, -0.2) is 8.42 Å². The molecule has 1 aliphatic heterocycles. The van der Waals surface area contributed by atoms with Crippen molar-refractivity contribution in [2.24, 2.45) is 0 Å². The lowest BCUT2D eigenvalue weighted by atomic mass is 10.2. The molecule has 0 radical (unpaired) electrons. The van der Waals surface area contributed by atoms with Crippen molar-refractivity contribution in [1.82, 2.24) is 4.90 Å². The Morgan fingerprint density at radius 2 is 2.00 bits per heavy atom. The first kappa shape index (κ1) is 9.80. The second-order valence-corrected chi connectivity index (χ2v) is 5.62. The topological polar surface area (TPSA) is 54.5 Å². The van der Waals surface area contributed by atoms with Crippen molar-refractivity contribution < 1.29 is 13.2 Å². The third-order valence-electron chi connectivity index (χ3n) is 1.77. The molecule has 0 aromatic rings. The van der Waals surface area contributed by atoms with Gasteiger partial charge in [0.05, 0.1) is 5.75 Å². The summed E-state index contributed by atoms with van der Waals surface area (Å²) in [6, 6.07) is 0. The number of carbonyl (C=O) groups excluding carboxylic acids is 1. The third kappa shape index (κ3) is 2.98. The summed E-state index contributed by atoms with van der Waals surface area (Å²) >= 11 is 0. The van der Waals surface area contributed by atoms with Crippen molar-refractivity contribution >= 4 is 25.6 Å². The Morgan fingerprint density at radius 3 is 2.33 bits per heavy atom. The average Bonchev–Trinajstić information content (AvgIpc) is 1.78. The van der Waals surface area contributed by atoms with Gasteiger partial charge in [-0.2, -0.15) is 0 Å². The average molecular weight is 212 g/mol. The van der Waals surface area contributed by atoms with Crippen molar-refractivity contribution in [1.29, 1.82) is 0 Å². The molecule has 4 nitrogen and oxygen atoms in total. The predicted octanol–water partition coefficient (Wildman–Crippen LogP) is 0.177. The van der Waals surface area contributed by atoms with E-state index in [1.54, 1.807) is 4.90 Å². The van der Waals surface area contributed by atoms with E-state index in [4.69, 9.17) is 10.7 Å². The molecule has 0 aromatic heterocycles. The van der Waals surface area contributed by atoms with E-state index in [0.29, 0.717) is 0 Å². The molecule has 1 amide bonds. The Labute approximate surface area is 75.9 Å². The zero-order valence-electron chi connectivity index (χ0n) is 6.49. The highest BCUT2D eigenvalue weighted by molar-refractivity contribution is 8.13. The highest BCUT2D eigenvalue weighted by Gasteiger charge is 2.21. The van der Waals surface area contributed by atoms with E-state index in [-0.39, 0.29) is 18.1 Å². The fraction of sp³-hybridized carbons (Fsp3) is 0.833. The zero-order valence-corrected chi connectivity index (χ0v) is 8.07. The molecule has 0 spiro atoms. The van der Waals surface area contributed by atoms with Gasteiger partial charge in [0.25, 0.3) is 0 Å². The molecule has 0 bridgehead atoms. The Balaban J connectivity index is 2.27. The van der Waals surface area contributed by atoms with Crippen LogP contribution < -0.4 is 0 Å². The smallest absolute Gasteiger partial charge is 0.233 e. The van der Waals surface area contributed by atoms with Crippen LogP contribution in [0.1, 0.15) is 12.8 Å². The van der Waals surface area contributed by atoms with Gasteiger partial charge in [-0.05, 0) is 6.42 Å². The van der Waals surface area contributed by atoms with Crippen LogP contribution >= 0.6 is 10.7 Å². The van der Waals surface area contributed by atoms with Crippen molar-refractivity contribution in [2.45, 2.75) is 12.8 Å². The molecular formula is C6H10ClNO3S. The van der Waals surface area contributed by atoms with Crippen LogP contribution in [-0.2, 0) is 13.8 Å². The number of halogens is 1. The number of likely N-dealkylation sites (tertiary alicyclic amines) is 1. The molecule has 0 N–H and O–H groups in total. The monoisotopic (exact) mass is 211 g/mol. The Kier molecular flexibility index (Phi) is 2.95. The first-order valence-corrected chi connectivity index (χ1v) is 6.17. The van der Waals surface area contributed by atoms with Gasteiger partial charge in [0.1, 0.15) is 0 Å². The normalized spacial score (nSPS) is 17.2. The predicted molar refractivity (Wildman–Crippen MR) is 45.5 cm³/mol. The minimum Gasteiger partial charge on any atom is -0.343 e. The summed E-state index contributed by atoms with van der Waals surface area (Å²) in [5, 5.41) is 0. The van der Waals surface area contributed by atoms with E-state index in [2.05, 4.69) is 0 Å². The minimum atomic E-state index is -3.51. The lowest BCUT2D eigenvalue weighted by Crippen LogP contribution is -2.42. The Morgan fingerprint density at radius 1 is 1.42 bits per heavy atom. The van der Waals surface area contributed by atoms with Crippen LogP contribution in [0, 0.1) is 0 Å². The van der Waals surface area contributed by atoms with Gasteiger partial charge in [0.15, 0.2) is 0 Å². The molecule has 1 rings (SSSR count). The standard InChI is InChI=1S/C6H10ClNO3S/c7-12(10,11)5-2-6(9)8-3-1-4-8/h1-5H2. The lowest BCUT2D eigenvalue weighted by molar-refractivity contribution is -0.134. The van der Waals surface area contributed by atoms with Crippen LogP contribution in [0.2, 0.25) is 0 Å². The van der Waals surface area contributed by atoms with E-state index in [1.807, 2.05) is 0 Å². The quantitative estimate of drug-likeness (QED) is 0.626. The summed E-state index contributed by atoms with van der Waals surface area (Å²) in [6.07, 6.45) is 1.02. The first-order valence-electron chi connectivity index (χ1n) is 3.69. The van der Waals surface area contributed by atoms with Gasteiger partial charge in [-0.15, -0.1) is 0 Å². The van der Waals surface area contributed by atoms with E-state index < -0.39 is 9.05 Å². The van der Waals surface area contributed by atoms with Crippen LogP contribution in [-0.4, -0.2) is 38.1 Å². The number of hydrogen-bond donors (Lipinski definition) is 0. The van der Waals surface area contributed by atoms with E-state index in [9.17, 15) is 13.2 Å². The molecule has 1 heterocycles. The van der Waals surface area contributed by atoms with Gasteiger partial charge >= 0.3 is 0 Å². The molecule has 70 valence electrons. The van der Waals surface area contributed by atoms with Gasteiger partial charge < -0.3 is 4.90 Å². The largest absolute Gasteiger partial charge is 0.343 e. The number of carbonyl (C=O) groups is 1. The summed E-state index contributed by atoms with van der Waals surface area (Å²) in [7, 11) is 1.43. The molecule has 12 heavy (non-hydrogen) atoms. The van der Waals surface area contributed by atoms with Gasteiger partial charge in [-0.1, -0.05) is 0 Å². The third-order valence-corrected chi connectivity index (χ3v) is 2.92. The molecule has 0 saturated carbocycles. The molecule has 0 unspecified atom stereocenters. The summed E-state index contributed by atoms with van der Waals surface area (Å²) in [4.78, 5) is 12.7. The van der Waals surface area contributed by atoms with Gasteiger partial charge in [0.2, 0.25) is 15.0 Å². The van der Waals surface area contributed by atoms with Gasteiger partial charge in [-0.3, -0.25) is 4.79 Å². The van der Waals surface area contributed by atoms with E-state index >= 15 is 0 Å². The van der Waals surface area contributed by atoms with Crippen LogP contribution in [0.15, 0.2) is 0 Å². The molecule has 1 aliphatic rings. The lowest BCUT2D eigenvalue weighted by Gasteiger charge is -2.30. The number of amides is 1. The Hall–Kier alpha value is -0.290. The molecule has 0 aromatic carbocycles. The fourth-order valence-electron chi connectivity index (χ4n) is 0.933. The van der Waals surface area contributed by atoms with Crippen LogP contribution in [0.5, 0.6) is 0 Å². The second-order valence-electron chi connectivity index (χ2n) is 2.73. The van der Waals surface area contributed by atoms with E-state index in [0.717, 1.165) is 19.5 Å². The molecule has 1 saturated heterocycles. The van der Waals surface area contributed by atoms with Crippen LogP contribution in [0.25, 0.3) is 0 Å². The second kappa shape index (κ2) is 3.62. The van der Waals surface area contributed by atoms with Gasteiger partial charge in [0, 0.05) is 30.2 Å². The highest BCUT2D eigenvalue weighted by atomic mass is 35.7. The zero-order chi connectivity index (χ0) is 9.19. The van der Waals surface area contributed by atoms with Crippen LogP contribution in [0.3, 0.4) is 0 Å². The summed E-state index contributed by atoms with van der Waals surface area (Å²) < 4.78 is 20.9. The molecule has 0 atom stereocenters. The summed E-state index contributed by atoms with van der Waals surface area (Å²) in [6.45, 7) is 1.50. The van der Waals surface area contributed by atoms with Crippen LogP contribution in [0.4, 0.5) is 0 Å². The SMILES string of the molecule is O=C(CCS(=O)(=O)Cl)N1CCC1. The molecule has 0 aliphatic carbocycles. The van der Waals surface area contributed by atoms with Crippen molar-refractivity contribution in [2.75, 3.05) is 18.8 Å². The number of rotatable bonds is 3. The maximum Gasteiger partial charge on any atom is 0.233 e. The Bertz CT molecular complexity index is 271. The summed E-state index contributed by atoms with van der Waals surface area (Å²) in [5.74, 6) is -0.380. The minimum absolute atomic E-state index is 0.00579. The van der Waals surface area contributed by atoms with E-state index in [1.165, 1.54) is 0 Å². The maximum atomic E-state index is 11.1. The highest BCUT2D eigenvalue weighted by Crippen LogP contribution is 2.09. The molecular weight excluding hydrogens is 202 g/mol.